The van der Waals surface area contributed by atoms with E-state index in [1.165, 1.54) is 18.2 Å². The molecule has 4 N–H and O–H groups in total. The van der Waals surface area contributed by atoms with E-state index in [0.717, 1.165) is 24.8 Å². The van der Waals surface area contributed by atoms with E-state index >= 15 is 0 Å². The number of aryl methyl sites for hydroxylation is 1. The molecule has 4 aromatic rings. The Balaban J connectivity index is 1.40. The minimum atomic E-state index is -1.25. The molecule has 9 heteroatoms. The Morgan fingerprint density at radius 1 is 0.705 bits per heavy atom. The summed E-state index contributed by atoms with van der Waals surface area (Å²) in [6.45, 7) is 5.92. The topological polar surface area (TPSA) is 134 Å². The highest BCUT2D eigenvalue weighted by Crippen LogP contribution is 2.24. The molecule has 4 rings (SSSR count). The van der Waals surface area contributed by atoms with Crippen LogP contribution in [0, 0.1) is 0 Å². The Morgan fingerprint density at radius 3 is 1.91 bits per heavy atom. The van der Waals surface area contributed by atoms with Gasteiger partial charge in [-0.2, -0.15) is 0 Å². The fourth-order valence-corrected chi connectivity index (χ4v) is 4.49. The van der Waals surface area contributed by atoms with E-state index in [1.54, 1.807) is 60.7 Å². The fourth-order valence-electron chi connectivity index (χ4n) is 4.49. The summed E-state index contributed by atoms with van der Waals surface area (Å²) in [5.41, 5.74) is 2.84. The van der Waals surface area contributed by atoms with E-state index in [0.29, 0.717) is 28.1 Å². The van der Waals surface area contributed by atoms with Crippen molar-refractivity contribution in [3.8, 4) is 5.75 Å². The molecule has 0 atom stereocenters. The van der Waals surface area contributed by atoms with E-state index in [9.17, 15) is 24.3 Å². The van der Waals surface area contributed by atoms with Crippen molar-refractivity contribution in [2.24, 2.45) is 0 Å². The molecule has 0 aliphatic rings. The van der Waals surface area contributed by atoms with Gasteiger partial charge in [0.15, 0.2) is 0 Å². The van der Waals surface area contributed by atoms with Crippen LogP contribution in [0.2, 0.25) is 0 Å². The SMILES string of the molecule is CCCCc1ccccc1C(=O)Nc1ccc(NC(=O)c2ccc(NC(=O)c3ccc(OC(C)C)cc3)cc2)cc1C(=O)O. The molecule has 0 fully saturated rings. The number of carbonyl (C=O) groups excluding carboxylic acids is 3. The largest absolute Gasteiger partial charge is 0.491 e. The van der Waals surface area contributed by atoms with Crippen LogP contribution in [-0.4, -0.2) is 34.9 Å². The van der Waals surface area contributed by atoms with Crippen molar-refractivity contribution in [3.63, 3.8) is 0 Å². The van der Waals surface area contributed by atoms with Gasteiger partial charge in [0.05, 0.1) is 17.4 Å². The number of hydrogen-bond donors (Lipinski definition) is 4. The normalized spacial score (nSPS) is 10.6. The summed E-state index contributed by atoms with van der Waals surface area (Å²) in [4.78, 5) is 50.6. The van der Waals surface area contributed by atoms with Crippen LogP contribution < -0.4 is 20.7 Å². The molecule has 0 saturated carbocycles. The van der Waals surface area contributed by atoms with Gasteiger partial charge in [-0.15, -0.1) is 0 Å². The van der Waals surface area contributed by atoms with Crippen molar-refractivity contribution in [1.82, 2.24) is 0 Å². The van der Waals surface area contributed by atoms with Gasteiger partial charge in [0, 0.05) is 28.1 Å². The van der Waals surface area contributed by atoms with Crippen molar-refractivity contribution < 1.29 is 29.0 Å². The van der Waals surface area contributed by atoms with E-state index < -0.39 is 17.8 Å². The van der Waals surface area contributed by atoms with Crippen molar-refractivity contribution in [2.75, 3.05) is 16.0 Å². The van der Waals surface area contributed by atoms with Crippen LogP contribution in [0.4, 0.5) is 17.1 Å². The van der Waals surface area contributed by atoms with E-state index in [2.05, 4.69) is 22.9 Å². The average molecular weight is 594 g/mol. The summed E-state index contributed by atoms with van der Waals surface area (Å²) in [6.07, 6.45) is 2.68. The second-order valence-corrected chi connectivity index (χ2v) is 10.5. The predicted octanol–water partition coefficient (Wildman–Crippen LogP) is 7.27. The Morgan fingerprint density at radius 2 is 1.30 bits per heavy atom. The zero-order chi connectivity index (χ0) is 31.6. The van der Waals surface area contributed by atoms with Gasteiger partial charge in [-0.3, -0.25) is 14.4 Å². The van der Waals surface area contributed by atoms with Gasteiger partial charge in [-0.25, -0.2) is 4.79 Å². The lowest BCUT2D eigenvalue weighted by atomic mass is 10.0. The fraction of sp³-hybridized carbons (Fsp3) is 0.200. The van der Waals surface area contributed by atoms with Crippen molar-refractivity contribution in [3.05, 3.63) is 119 Å². The van der Waals surface area contributed by atoms with Crippen LogP contribution >= 0.6 is 0 Å². The third kappa shape index (κ3) is 8.32. The minimum absolute atomic E-state index is 0.0281. The number of anilines is 3. The Bertz CT molecular complexity index is 1650. The number of carboxylic acid groups (broad SMARTS) is 1. The van der Waals surface area contributed by atoms with E-state index in [4.69, 9.17) is 4.74 Å². The van der Waals surface area contributed by atoms with Gasteiger partial charge in [0.25, 0.3) is 17.7 Å². The molecule has 44 heavy (non-hydrogen) atoms. The zero-order valence-electron chi connectivity index (χ0n) is 24.8. The number of amides is 3. The number of ether oxygens (including phenoxy) is 1. The predicted molar refractivity (Wildman–Crippen MR) is 171 cm³/mol. The second kappa shape index (κ2) is 14.6. The van der Waals surface area contributed by atoms with Crippen LogP contribution in [0.15, 0.2) is 91.0 Å². The molecule has 0 radical (unpaired) electrons. The highest BCUT2D eigenvalue weighted by Gasteiger charge is 2.18. The number of benzene rings is 4. The smallest absolute Gasteiger partial charge is 0.337 e. The van der Waals surface area contributed by atoms with Gasteiger partial charge in [0.2, 0.25) is 0 Å². The minimum Gasteiger partial charge on any atom is -0.491 e. The quantitative estimate of drug-likeness (QED) is 0.136. The summed E-state index contributed by atoms with van der Waals surface area (Å²) in [5, 5.41) is 18.0. The first kappa shape index (κ1) is 31.5. The summed E-state index contributed by atoms with van der Waals surface area (Å²) < 4.78 is 5.60. The summed E-state index contributed by atoms with van der Waals surface area (Å²) in [5.74, 6) is -1.76. The Hall–Kier alpha value is -5.44. The van der Waals surface area contributed by atoms with Crippen LogP contribution in [0.1, 0.15) is 80.6 Å². The Kier molecular flexibility index (Phi) is 10.5. The average Bonchev–Trinajstić information content (AvgIpc) is 3.01. The number of carbonyl (C=O) groups is 4. The molecule has 0 aliphatic carbocycles. The summed E-state index contributed by atoms with van der Waals surface area (Å²) in [6, 6.07) is 24.6. The van der Waals surface area contributed by atoms with E-state index in [-0.39, 0.29) is 28.9 Å². The maximum atomic E-state index is 13.0. The van der Waals surface area contributed by atoms with Crippen molar-refractivity contribution in [1.29, 1.82) is 0 Å². The lowest BCUT2D eigenvalue weighted by molar-refractivity contribution is 0.0697. The van der Waals surface area contributed by atoms with Gasteiger partial charge in [0.1, 0.15) is 5.75 Å². The first-order chi connectivity index (χ1) is 21.1. The molecule has 9 nitrogen and oxygen atoms in total. The number of carboxylic acids is 1. The molecule has 3 amide bonds. The molecule has 0 aromatic heterocycles. The number of hydrogen-bond acceptors (Lipinski definition) is 5. The highest BCUT2D eigenvalue weighted by atomic mass is 16.5. The van der Waals surface area contributed by atoms with Gasteiger partial charge >= 0.3 is 5.97 Å². The van der Waals surface area contributed by atoms with Crippen LogP contribution in [0.25, 0.3) is 0 Å². The molecular weight excluding hydrogens is 558 g/mol. The number of nitrogens with one attached hydrogen (secondary N) is 3. The number of unbranched alkanes of at least 4 members (excludes halogenated alkanes) is 1. The third-order valence-electron chi connectivity index (χ3n) is 6.71. The second-order valence-electron chi connectivity index (χ2n) is 10.5. The molecule has 0 bridgehead atoms. The standard InChI is InChI=1S/C35H35N3O6/c1-4-5-8-23-9-6-7-10-29(23)34(41)38-31-20-17-27(21-30(31)35(42)43)37-33(40)24-11-15-26(16-12-24)36-32(39)25-13-18-28(19-14-25)44-22(2)3/h6-7,9-22H,4-5,8H2,1-3H3,(H,36,39)(H,37,40)(H,38,41)(H,42,43). The zero-order valence-corrected chi connectivity index (χ0v) is 24.8. The first-order valence-corrected chi connectivity index (χ1v) is 14.4. The first-order valence-electron chi connectivity index (χ1n) is 14.4. The van der Waals surface area contributed by atoms with Gasteiger partial charge in [-0.1, -0.05) is 31.5 Å². The van der Waals surface area contributed by atoms with Gasteiger partial charge < -0.3 is 25.8 Å². The number of aromatic carboxylic acids is 1. The summed E-state index contributed by atoms with van der Waals surface area (Å²) >= 11 is 0. The molecule has 0 unspecified atom stereocenters. The molecule has 0 heterocycles. The number of rotatable bonds is 12. The maximum absolute atomic E-state index is 13.0. The molecule has 0 spiro atoms. The van der Waals surface area contributed by atoms with Crippen molar-refractivity contribution in [2.45, 2.75) is 46.1 Å². The van der Waals surface area contributed by atoms with Crippen LogP contribution in [-0.2, 0) is 6.42 Å². The monoisotopic (exact) mass is 593 g/mol. The Labute approximate surface area is 256 Å². The van der Waals surface area contributed by atoms with Gasteiger partial charge in [-0.05, 0) is 105 Å². The molecule has 0 aliphatic heterocycles. The molecule has 226 valence electrons. The molecular formula is C35H35N3O6. The highest BCUT2D eigenvalue weighted by molar-refractivity contribution is 6.10. The maximum Gasteiger partial charge on any atom is 0.337 e. The van der Waals surface area contributed by atoms with Crippen LogP contribution in [0.5, 0.6) is 5.75 Å². The summed E-state index contributed by atoms with van der Waals surface area (Å²) in [7, 11) is 0. The lowest BCUT2D eigenvalue weighted by Gasteiger charge is -2.13. The molecule has 4 aromatic carbocycles. The lowest BCUT2D eigenvalue weighted by Crippen LogP contribution is -2.17. The third-order valence-corrected chi connectivity index (χ3v) is 6.71. The van der Waals surface area contributed by atoms with E-state index in [1.807, 2.05) is 26.0 Å². The van der Waals surface area contributed by atoms with Crippen molar-refractivity contribution >= 4 is 40.8 Å². The van der Waals surface area contributed by atoms with Crippen LogP contribution in [0.3, 0.4) is 0 Å². The molecule has 0 saturated heterocycles.